The van der Waals surface area contributed by atoms with Crippen molar-refractivity contribution in [1.29, 1.82) is 0 Å². The first-order valence-corrected chi connectivity index (χ1v) is 11.6. The highest BCUT2D eigenvalue weighted by atomic mass is 79.9. The minimum Gasteiger partial charge on any atom is -0.503 e. The number of methoxy groups -OCH3 is 1. The summed E-state index contributed by atoms with van der Waals surface area (Å²) in [5.74, 6) is -0.0801. The van der Waals surface area contributed by atoms with Gasteiger partial charge >= 0.3 is 0 Å². The maximum atomic E-state index is 13.6. The molecule has 3 aromatic rings. The van der Waals surface area contributed by atoms with Gasteiger partial charge in [0.25, 0.3) is 5.91 Å². The van der Waals surface area contributed by atoms with E-state index in [1.54, 1.807) is 29.2 Å². The van der Waals surface area contributed by atoms with Crippen LogP contribution in [0.25, 0.3) is 11.0 Å². The van der Waals surface area contributed by atoms with Crippen LogP contribution in [0.4, 0.5) is 0 Å². The smallest absolute Gasteiger partial charge is 0.290 e. The van der Waals surface area contributed by atoms with Crippen molar-refractivity contribution in [1.82, 2.24) is 4.90 Å². The Morgan fingerprint density at radius 3 is 2.66 bits per heavy atom. The number of ether oxygens (including phenoxy) is 1. The average molecular weight is 521 g/mol. The number of phenolic OH excluding ortho intramolecular Hbond substituents is 1. The Morgan fingerprint density at radius 1 is 1.22 bits per heavy atom. The van der Waals surface area contributed by atoms with Crippen LogP contribution in [-0.4, -0.2) is 29.6 Å². The van der Waals surface area contributed by atoms with Gasteiger partial charge in [-0.2, -0.15) is 0 Å². The molecule has 1 N–H and O–H groups in total. The van der Waals surface area contributed by atoms with E-state index in [9.17, 15) is 14.7 Å². The van der Waals surface area contributed by atoms with Crippen LogP contribution in [0.5, 0.6) is 11.5 Å². The summed E-state index contributed by atoms with van der Waals surface area (Å²) < 4.78 is 11.7. The number of carbonyl (C=O) groups excluding carboxylic acids is 1. The van der Waals surface area contributed by atoms with Gasteiger partial charge in [-0.1, -0.05) is 31.4 Å². The zero-order valence-electron chi connectivity index (χ0n) is 18.0. The number of hydrogen-bond acceptors (Lipinski definition) is 5. The second-order valence-electron chi connectivity index (χ2n) is 7.93. The molecule has 1 atom stereocenters. The monoisotopic (exact) mass is 519 g/mol. The molecular formula is C24H23BrClNO5. The molecule has 1 unspecified atom stereocenters. The SMILES string of the molecule is CCCCCN1C(=O)c2oc3cc(C)c(Cl)cc3c(=O)c2C1c1cc(Br)c(O)c(OC)c1. The topological polar surface area (TPSA) is 80.0 Å². The third kappa shape index (κ3) is 3.67. The van der Waals surface area contributed by atoms with E-state index in [1.165, 1.54) is 7.11 Å². The van der Waals surface area contributed by atoms with Gasteiger partial charge in [0, 0.05) is 11.6 Å². The number of amides is 1. The van der Waals surface area contributed by atoms with Crippen LogP contribution in [0.2, 0.25) is 5.02 Å². The summed E-state index contributed by atoms with van der Waals surface area (Å²) in [6.07, 6.45) is 2.74. The lowest BCUT2D eigenvalue weighted by Gasteiger charge is -2.26. The molecule has 32 heavy (non-hydrogen) atoms. The maximum absolute atomic E-state index is 13.6. The standard InChI is InChI=1S/C24H23BrClNO5/c1-4-5-6-7-27-20(13-9-15(25)22(29)18(10-13)31-3)19-21(28)14-11-16(26)12(2)8-17(14)32-23(19)24(27)30/h8-11,20,29H,4-7H2,1-3H3. The van der Waals surface area contributed by atoms with E-state index < -0.39 is 6.04 Å². The van der Waals surface area contributed by atoms with E-state index in [0.717, 1.165) is 24.8 Å². The number of fused-ring (bicyclic) bond motifs is 2. The van der Waals surface area contributed by atoms with E-state index in [1.807, 2.05) is 6.92 Å². The lowest BCUT2D eigenvalue weighted by molar-refractivity contribution is 0.0724. The van der Waals surface area contributed by atoms with Gasteiger partial charge in [0.05, 0.1) is 28.6 Å². The zero-order valence-corrected chi connectivity index (χ0v) is 20.3. The van der Waals surface area contributed by atoms with Crippen molar-refractivity contribution in [2.24, 2.45) is 0 Å². The van der Waals surface area contributed by atoms with Gasteiger partial charge in [0.1, 0.15) is 5.58 Å². The summed E-state index contributed by atoms with van der Waals surface area (Å²) in [7, 11) is 1.45. The Balaban J connectivity index is 1.98. The van der Waals surface area contributed by atoms with Crippen LogP contribution in [0.15, 0.2) is 37.9 Å². The molecule has 1 amide bonds. The Hall–Kier alpha value is -2.51. The molecule has 1 aliphatic rings. The number of nitrogens with zero attached hydrogens (tertiary/aromatic N) is 1. The third-order valence-corrected chi connectivity index (χ3v) is 6.85. The molecule has 2 heterocycles. The van der Waals surface area contributed by atoms with Gasteiger partial charge < -0.3 is 19.2 Å². The number of aromatic hydroxyl groups is 1. The largest absolute Gasteiger partial charge is 0.503 e. The van der Waals surface area contributed by atoms with E-state index in [-0.39, 0.29) is 34.2 Å². The van der Waals surface area contributed by atoms with Gasteiger partial charge in [-0.05, 0) is 64.7 Å². The molecule has 1 aromatic heterocycles. The van der Waals surface area contributed by atoms with Crippen LogP contribution in [0.1, 0.15) is 59.5 Å². The van der Waals surface area contributed by atoms with E-state index in [0.29, 0.717) is 32.6 Å². The second-order valence-corrected chi connectivity index (χ2v) is 9.19. The quantitative estimate of drug-likeness (QED) is 0.405. The maximum Gasteiger partial charge on any atom is 0.290 e. The van der Waals surface area contributed by atoms with Gasteiger partial charge in [-0.3, -0.25) is 9.59 Å². The van der Waals surface area contributed by atoms with Crippen LogP contribution in [-0.2, 0) is 0 Å². The Morgan fingerprint density at radius 2 is 1.97 bits per heavy atom. The highest BCUT2D eigenvalue weighted by Gasteiger charge is 2.43. The van der Waals surface area contributed by atoms with Crippen molar-refractivity contribution in [2.75, 3.05) is 13.7 Å². The van der Waals surface area contributed by atoms with Crippen molar-refractivity contribution >= 4 is 44.4 Å². The van der Waals surface area contributed by atoms with Crippen LogP contribution < -0.4 is 10.2 Å². The fraction of sp³-hybridized carbons (Fsp3) is 0.333. The van der Waals surface area contributed by atoms with Gasteiger partial charge in [-0.15, -0.1) is 0 Å². The fourth-order valence-corrected chi connectivity index (χ4v) is 4.78. The first-order chi connectivity index (χ1) is 15.3. The highest BCUT2D eigenvalue weighted by molar-refractivity contribution is 9.10. The number of aryl methyl sites for hydroxylation is 1. The first-order valence-electron chi connectivity index (χ1n) is 10.4. The van der Waals surface area contributed by atoms with Crippen LogP contribution in [0, 0.1) is 6.92 Å². The normalized spacial score (nSPS) is 15.5. The van der Waals surface area contributed by atoms with Crippen LogP contribution in [0.3, 0.4) is 0 Å². The zero-order chi connectivity index (χ0) is 23.2. The van der Waals surface area contributed by atoms with Gasteiger partial charge in [0.15, 0.2) is 16.9 Å². The minimum atomic E-state index is -0.666. The predicted octanol–water partition coefficient (Wildman–Crippen LogP) is 5.97. The van der Waals surface area contributed by atoms with Crippen molar-refractivity contribution in [2.45, 2.75) is 39.2 Å². The lowest BCUT2D eigenvalue weighted by atomic mass is 9.97. The molecule has 2 aromatic carbocycles. The van der Waals surface area contributed by atoms with Crippen molar-refractivity contribution in [3.63, 3.8) is 0 Å². The fourth-order valence-electron chi connectivity index (χ4n) is 4.16. The summed E-state index contributed by atoms with van der Waals surface area (Å²) in [4.78, 5) is 28.7. The molecule has 0 bridgehead atoms. The predicted molar refractivity (Wildman–Crippen MR) is 127 cm³/mol. The molecule has 0 radical (unpaired) electrons. The molecule has 0 saturated carbocycles. The summed E-state index contributed by atoms with van der Waals surface area (Å²) >= 11 is 9.62. The van der Waals surface area contributed by atoms with E-state index in [4.69, 9.17) is 20.8 Å². The lowest BCUT2D eigenvalue weighted by Crippen LogP contribution is -2.30. The number of halogens is 2. The Kier molecular flexibility index (Phi) is 6.23. The summed E-state index contributed by atoms with van der Waals surface area (Å²) in [6, 6.07) is 5.95. The highest BCUT2D eigenvalue weighted by Crippen LogP contribution is 2.43. The summed E-state index contributed by atoms with van der Waals surface area (Å²) in [5.41, 5.74) is 1.72. The number of benzene rings is 2. The minimum absolute atomic E-state index is 0.0499. The summed E-state index contributed by atoms with van der Waals surface area (Å²) in [6.45, 7) is 4.37. The average Bonchev–Trinajstić information content (AvgIpc) is 3.04. The van der Waals surface area contributed by atoms with E-state index >= 15 is 0 Å². The first kappa shape index (κ1) is 22.7. The number of unbranched alkanes of at least 4 members (excludes halogenated alkanes) is 2. The molecule has 4 rings (SSSR count). The second kappa shape index (κ2) is 8.79. The molecule has 0 aliphatic carbocycles. The Labute approximate surface area is 198 Å². The summed E-state index contributed by atoms with van der Waals surface area (Å²) in [5, 5.41) is 11.0. The number of rotatable bonds is 6. The van der Waals surface area contributed by atoms with Crippen molar-refractivity contribution in [3.8, 4) is 11.5 Å². The number of phenols is 1. The molecular weight excluding hydrogens is 498 g/mol. The molecule has 0 fully saturated rings. The molecule has 6 nitrogen and oxygen atoms in total. The van der Waals surface area contributed by atoms with E-state index in [2.05, 4.69) is 22.9 Å². The van der Waals surface area contributed by atoms with Crippen LogP contribution >= 0.6 is 27.5 Å². The molecule has 0 saturated heterocycles. The third-order valence-electron chi connectivity index (χ3n) is 5.84. The van der Waals surface area contributed by atoms with Crippen molar-refractivity contribution in [3.05, 3.63) is 66.4 Å². The number of hydrogen-bond donors (Lipinski definition) is 1. The molecule has 8 heteroatoms. The molecule has 1 aliphatic heterocycles. The van der Waals surface area contributed by atoms with Gasteiger partial charge in [-0.25, -0.2) is 0 Å². The molecule has 168 valence electrons. The number of carbonyl (C=O) groups is 1. The molecule has 0 spiro atoms. The van der Waals surface area contributed by atoms with Crippen molar-refractivity contribution < 1.29 is 19.1 Å². The Bertz CT molecular complexity index is 1290. The van der Waals surface area contributed by atoms with Gasteiger partial charge in [0.2, 0.25) is 5.76 Å².